The van der Waals surface area contributed by atoms with Crippen LogP contribution in [0.3, 0.4) is 0 Å². The Morgan fingerprint density at radius 1 is 1.57 bits per heavy atom. The molecule has 2 rings (SSSR count). The Balaban J connectivity index is 1.86. The summed E-state index contributed by atoms with van der Waals surface area (Å²) in [5, 5.41) is 9.34. The van der Waals surface area contributed by atoms with Crippen molar-refractivity contribution in [3.63, 3.8) is 0 Å². The molecule has 2 N–H and O–H groups in total. The van der Waals surface area contributed by atoms with Crippen molar-refractivity contribution in [2.45, 2.75) is 26.0 Å². The third kappa shape index (κ3) is 4.02. The van der Waals surface area contributed by atoms with E-state index in [1.165, 1.54) is 4.90 Å². The van der Waals surface area contributed by atoms with Crippen LogP contribution < -0.4 is 10.6 Å². The highest BCUT2D eigenvalue weighted by atomic mass is 16.5. The van der Waals surface area contributed by atoms with Crippen molar-refractivity contribution in [2.24, 2.45) is 0 Å². The molecule has 0 bridgehead atoms. The van der Waals surface area contributed by atoms with Gasteiger partial charge in [-0.1, -0.05) is 5.16 Å². The lowest BCUT2D eigenvalue weighted by atomic mass is 10.1. The molecular weight excluding hydrogens is 276 g/mol. The Bertz CT molecular complexity index is 516. The lowest BCUT2D eigenvalue weighted by Crippen LogP contribution is -2.56. The van der Waals surface area contributed by atoms with Crippen molar-refractivity contribution >= 4 is 17.6 Å². The molecule has 0 saturated carbocycles. The number of ether oxygens (including phenoxy) is 1. The fourth-order valence-electron chi connectivity index (χ4n) is 2.15. The fraction of sp³-hybridized carbons (Fsp3) is 0.615. The van der Waals surface area contributed by atoms with Crippen molar-refractivity contribution in [1.29, 1.82) is 0 Å². The average Bonchev–Trinajstić information content (AvgIpc) is 2.83. The summed E-state index contributed by atoms with van der Waals surface area (Å²) in [6.45, 7) is 4.71. The van der Waals surface area contributed by atoms with Crippen LogP contribution in [0.4, 0.5) is 5.82 Å². The molecule has 8 heteroatoms. The molecule has 1 fully saturated rings. The highest BCUT2D eigenvalue weighted by Gasteiger charge is 2.31. The van der Waals surface area contributed by atoms with E-state index in [4.69, 9.17) is 9.26 Å². The number of likely N-dealkylation sites (N-methyl/N-ethyl adjacent to an activating group) is 1. The number of amides is 2. The lowest BCUT2D eigenvalue weighted by molar-refractivity contribution is -0.140. The summed E-state index contributed by atoms with van der Waals surface area (Å²) in [7, 11) is 1.58. The van der Waals surface area contributed by atoms with E-state index in [-0.39, 0.29) is 24.5 Å². The Hall–Kier alpha value is -1.93. The minimum atomic E-state index is -0.425. The number of nitrogens with zero attached hydrogens (tertiary/aromatic N) is 2. The smallest absolute Gasteiger partial charge is 0.245 e. The highest BCUT2D eigenvalue weighted by molar-refractivity contribution is 5.94. The molecule has 116 valence electrons. The number of hydrogen-bond acceptors (Lipinski definition) is 6. The summed E-state index contributed by atoms with van der Waals surface area (Å²) in [4.78, 5) is 25.5. The number of carbonyl (C=O) groups excluding carboxylic acids is 2. The van der Waals surface area contributed by atoms with Crippen molar-refractivity contribution < 1.29 is 18.8 Å². The lowest BCUT2D eigenvalue weighted by Gasteiger charge is -2.32. The Labute approximate surface area is 122 Å². The van der Waals surface area contributed by atoms with Crippen LogP contribution in [-0.2, 0) is 14.3 Å². The number of nitrogens with one attached hydrogen (secondary N) is 2. The van der Waals surface area contributed by atoms with Gasteiger partial charge in [0.1, 0.15) is 11.8 Å². The number of morpholine rings is 1. The Kier molecular flexibility index (Phi) is 4.92. The fourth-order valence-corrected chi connectivity index (χ4v) is 2.15. The maximum Gasteiger partial charge on any atom is 0.245 e. The molecule has 0 aromatic carbocycles. The summed E-state index contributed by atoms with van der Waals surface area (Å²) >= 11 is 0. The van der Waals surface area contributed by atoms with Crippen molar-refractivity contribution in [2.75, 3.05) is 32.1 Å². The standard InChI is InChI=1S/C13H20N4O4/c1-8-6-10(16-21-8)15-11(18)7-17(3)13(19)12-9(2)20-5-4-14-12/h6,9,12,14H,4-5,7H2,1-3H3,(H,15,16,18)/t9-,12+/m1/s1. The largest absolute Gasteiger partial charge is 0.375 e. The van der Waals surface area contributed by atoms with Gasteiger partial charge in [0.2, 0.25) is 11.8 Å². The average molecular weight is 296 g/mol. The first-order valence-corrected chi connectivity index (χ1v) is 6.80. The van der Waals surface area contributed by atoms with Gasteiger partial charge in [0.05, 0.1) is 19.3 Å². The maximum atomic E-state index is 12.3. The van der Waals surface area contributed by atoms with E-state index < -0.39 is 6.04 Å². The number of anilines is 1. The zero-order valence-electron chi connectivity index (χ0n) is 12.4. The van der Waals surface area contributed by atoms with E-state index in [0.29, 0.717) is 24.7 Å². The van der Waals surface area contributed by atoms with E-state index >= 15 is 0 Å². The van der Waals surface area contributed by atoms with E-state index in [1.54, 1.807) is 20.0 Å². The predicted octanol–water partition coefficient (Wildman–Crippen LogP) is -0.243. The van der Waals surface area contributed by atoms with Crippen molar-refractivity contribution in [1.82, 2.24) is 15.4 Å². The first kappa shape index (κ1) is 15.5. The molecule has 1 aromatic heterocycles. The number of carbonyl (C=O) groups is 2. The van der Waals surface area contributed by atoms with Crippen LogP contribution in [0.25, 0.3) is 0 Å². The molecule has 2 atom stereocenters. The molecule has 2 amide bonds. The van der Waals surface area contributed by atoms with Crippen molar-refractivity contribution in [3.05, 3.63) is 11.8 Å². The molecular formula is C13H20N4O4. The molecule has 1 aromatic rings. The predicted molar refractivity (Wildman–Crippen MR) is 74.7 cm³/mol. The monoisotopic (exact) mass is 296 g/mol. The molecule has 8 nitrogen and oxygen atoms in total. The topological polar surface area (TPSA) is 96.7 Å². The molecule has 0 radical (unpaired) electrons. The number of aromatic nitrogens is 1. The number of rotatable bonds is 4. The molecule has 1 aliphatic heterocycles. The first-order valence-electron chi connectivity index (χ1n) is 6.80. The molecule has 21 heavy (non-hydrogen) atoms. The van der Waals surface area contributed by atoms with Gasteiger partial charge in [0, 0.05) is 19.7 Å². The third-order valence-corrected chi connectivity index (χ3v) is 3.23. The van der Waals surface area contributed by atoms with E-state index in [0.717, 1.165) is 0 Å². The zero-order valence-corrected chi connectivity index (χ0v) is 12.4. The second-order valence-corrected chi connectivity index (χ2v) is 5.07. The van der Waals surface area contributed by atoms with Crippen molar-refractivity contribution in [3.8, 4) is 0 Å². The van der Waals surface area contributed by atoms with Gasteiger partial charge in [0.25, 0.3) is 0 Å². The van der Waals surface area contributed by atoms with Crippen LogP contribution in [0.2, 0.25) is 0 Å². The number of aryl methyl sites for hydroxylation is 1. The zero-order chi connectivity index (χ0) is 15.4. The second-order valence-electron chi connectivity index (χ2n) is 5.07. The van der Waals surface area contributed by atoms with Gasteiger partial charge in [-0.3, -0.25) is 9.59 Å². The second kappa shape index (κ2) is 6.68. The first-order chi connectivity index (χ1) is 9.97. The van der Waals surface area contributed by atoms with Gasteiger partial charge in [-0.25, -0.2) is 0 Å². The Morgan fingerprint density at radius 3 is 2.95 bits per heavy atom. The van der Waals surface area contributed by atoms with Gasteiger partial charge in [-0.2, -0.15) is 0 Å². The van der Waals surface area contributed by atoms with Gasteiger partial charge < -0.3 is 24.8 Å². The van der Waals surface area contributed by atoms with E-state index in [2.05, 4.69) is 15.8 Å². The summed E-state index contributed by atoms with van der Waals surface area (Å²) in [5.41, 5.74) is 0. The molecule has 0 spiro atoms. The van der Waals surface area contributed by atoms with Crippen LogP contribution in [0.5, 0.6) is 0 Å². The van der Waals surface area contributed by atoms with E-state index in [9.17, 15) is 9.59 Å². The molecule has 2 heterocycles. The van der Waals surface area contributed by atoms with Crippen LogP contribution >= 0.6 is 0 Å². The third-order valence-electron chi connectivity index (χ3n) is 3.23. The molecule has 0 aliphatic carbocycles. The minimum absolute atomic E-state index is 0.0599. The van der Waals surface area contributed by atoms with Gasteiger partial charge in [-0.05, 0) is 13.8 Å². The molecule has 0 unspecified atom stereocenters. The highest BCUT2D eigenvalue weighted by Crippen LogP contribution is 2.09. The minimum Gasteiger partial charge on any atom is -0.375 e. The van der Waals surface area contributed by atoms with Crippen LogP contribution in [0, 0.1) is 6.92 Å². The van der Waals surface area contributed by atoms with Gasteiger partial charge in [0.15, 0.2) is 5.82 Å². The summed E-state index contributed by atoms with van der Waals surface area (Å²) in [5.74, 6) is 0.440. The summed E-state index contributed by atoms with van der Waals surface area (Å²) in [6, 6.07) is 1.18. The summed E-state index contributed by atoms with van der Waals surface area (Å²) < 4.78 is 10.3. The molecule has 1 saturated heterocycles. The quantitative estimate of drug-likeness (QED) is 0.796. The maximum absolute atomic E-state index is 12.3. The Morgan fingerprint density at radius 2 is 2.33 bits per heavy atom. The van der Waals surface area contributed by atoms with Crippen LogP contribution in [-0.4, -0.2) is 60.8 Å². The normalized spacial score (nSPS) is 21.9. The molecule has 1 aliphatic rings. The van der Waals surface area contributed by atoms with Gasteiger partial charge >= 0.3 is 0 Å². The summed E-state index contributed by atoms with van der Waals surface area (Å²) in [6.07, 6.45) is -0.213. The van der Waals surface area contributed by atoms with E-state index in [1.807, 2.05) is 6.92 Å². The number of hydrogen-bond donors (Lipinski definition) is 2. The van der Waals surface area contributed by atoms with Crippen LogP contribution in [0.1, 0.15) is 12.7 Å². The van der Waals surface area contributed by atoms with Crippen LogP contribution in [0.15, 0.2) is 10.6 Å². The SMILES string of the molecule is Cc1cc(NC(=O)CN(C)C(=O)[C@H]2NCCO[C@@H]2C)no1. The van der Waals surface area contributed by atoms with Gasteiger partial charge in [-0.15, -0.1) is 0 Å².